The van der Waals surface area contributed by atoms with E-state index in [-0.39, 0.29) is 11.1 Å². The molecule has 1 unspecified atom stereocenters. The summed E-state index contributed by atoms with van der Waals surface area (Å²) in [5, 5.41) is 3.61. The molecule has 0 radical (unpaired) electrons. The molecule has 0 bridgehead atoms. The van der Waals surface area contributed by atoms with Crippen molar-refractivity contribution in [1.82, 2.24) is 5.32 Å². The van der Waals surface area contributed by atoms with E-state index in [4.69, 9.17) is 0 Å². The Labute approximate surface area is 87.5 Å². The molecule has 1 N–H and O–H groups in total. The fourth-order valence-electron chi connectivity index (χ4n) is 2.92. The van der Waals surface area contributed by atoms with Crippen molar-refractivity contribution in [3.63, 3.8) is 0 Å². The second kappa shape index (κ2) is 3.65. The second-order valence-electron chi connectivity index (χ2n) is 6.06. The maximum absolute atomic E-state index is 11.6. The van der Waals surface area contributed by atoms with E-state index in [2.05, 4.69) is 39.9 Å². The van der Waals surface area contributed by atoms with Gasteiger partial charge >= 0.3 is 0 Å². The van der Waals surface area contributed by atoms with Gasteiger partial charge in [0.2, 0.25) is 0 Å². The van der Waals surface area contributed by atoms with Gasteiger partial charge in [-0.3, -0.25) is 4.79 Å². The van der Waals surface area contributed by atoms with Gasteiger partial charge in [0.25, 0.3) is 0 Å². The highest BCUT2D eigenvalue weighted by Gasteiger charge is 2.39. The van der Waals surface area contributed by atoms with Crippen molar-refractivity contribution >= 4 is 5.78 Å². The number of carbonyl (C=O) groups is 1. The average Bonchev–Trinajstić information content (AvgIpc) is 1.74. The Bertz CT molecular complexity index is 232. The van der Waals surface area contributed by atoms with Gasteiger partial charge in [-0.05, 0) is 33.1 Å². The van der Waals surface area contributed by atoms with Crippen LogP contribution < -0.4 is 5.32 Å². The Kier molecular flexibility index (Phi) is 3.05. The number of hydrogen-bond donors (Lipinski definition) is 1. The SMILES string of the molecule is CC(C)CC1(C)CC(=O)CC(C)(C)N1. The molecule has 1 atom stereocenters. The molecule has 0 aliphatic carbocycles. The summed E-state index contributed by atoms with van der Waals surface area (Å²) in [6.07, 6.45) is 2.43. The first-order valence-electron chi connectivity index (χ1n) is 5.53. The highest BCUT2D eigenvalue weighted by Crippen LogP contribution is 2.30. The number of Topliss-reactive ketones (excluding diaryl/α,β-unsaturated/α-hetero) is 1. The van der Waals surface area contributed by atoms with Gasteiger partial charge in [0.15, 0.2) is 0 Å². The van der Waals surface area contributed by atoms with Crippen molar-refractivity contribution in [2.24, 2.45) is 5.92 Å². The third-order valence-electron chi connectivity index (χ3n) is 2.73. The van der Waals surface area contributed by atoms with Gasteiger partial charge in [0, 0.05) is 23.9 Å². The van der Waals surface area contributed by atoms with Crippen molar-refractivity contribution in [2.45, 2.75) is 65.0 Å². The lowest BCUT2D eigenvalue weighted by molar-refractivity contribution is -0.124. The van der Waals surface area contributed by atoms with Gasteiger partial charge in [0.1, 0.15) is 5.78 Å². The molecule has 0 aromatic heterocycles. The normalized spacial score (nSPS) is 32.3. The summed E-state index contributed by atoms with van der Waals surface area (Å²) in [7, 11) is 0. The number of hydrogen-bond acceptors (Lipinski definition) is 2. The van der Waals surface area contributed by atoms with Crippen molar-refractivity contribution in [2.75, 3.05) is 0 Å². The molecule has 0 aromatic rings. The summed E-state index contributed by atoms with van der Waals surface area (Å²) in [5.41, 5.74) is -0.0219. The summed E-state index contributed by atoms with van der Waals surface area (Å²) in [4.78, 5) is 11.6. The summed E-state index contributed by atoms with van der Waals surface area (Å²) in [6, 6.07) is 0. The minimum atomic E-state index is -0.0288. The standard InChI is InChI=1S/C12H23NO/c1-9(2)6-12(5)8-10(14)7-11(3,4)13-12/h9,13H,6-8H2,1-5H3. The molecule has 2 heteroatoms. The minimum Gasteiger partial charge on any atom is -0.306 e. The van der Waals surface area contributed by atoms with Gasteiger partial charge in [0.05, 0.1) is 0 Å². The average molecular weight is 197 g/mol. The first kappa shape index (κ1) is 11.7. The van der Waals surface area contributed by atoms with Crippen LogP contribution in [0.15, 0.2) is 0 Å². The van der Waals surface area contributed by atoms with Crippen molar-refractivity contribution in [3.8, 4) is 0 Å². The molecule has 82 valence electrons. The molecule has 2 nitrogen and oxygen atoms in total. The van der Waals surface area contributed by atoms with E-state index < -0.39 is 0 Å². The summed E-state index contributed by atoms with van der Waals surface area (Å²) >= 11 is 0. The zero-order chi connectivity index (χ0) is 11.0. The quantitative estimate of drug-likeness (QED) is 0.737. The van der Waals surface area contributed by atoms with Crippen molar-refractivity contribution in [1.29, 1.82) is 0 Å². The maximum atomic E-state index is 11.6. The third kappa shape index (κ3) is 3.09. The van der Waals surface area contributed by atoms with Crippen molar-refractivity contribution < 1.29 is 4.79 Å². The fraction of sp³-hybridized carbons (Fsp3) is 0.917. The lowest BCUT2D eigenvalue weighted by Gasteiger charge is -2.44. The molecule has 0 aromatic carbocycles. The van der Waals surface area contributed by atoms with E-state index in [1.807, 2.05) is 0 Å². The predicted molar refractivity (Wildman–Crippen MR) is 59.3 cm³/mol. The van der Waals surface area contributed by atoms with Crippen LogP contribution in [0.1, 0.15) is 53.9 Å². The Hall–Kier alpha value is -0.370. The first-order chi connectivity index (χ1) is 6.22. The van der Waals surface area contributed by atoms with Gasteiger partial charge in [-0.25, -0.2) is 0 Å². The van der Waals surface area contributed by atoms with E-state index in [0.717, 1.165) is 6.42 Å². The van der Waals surface area contributed by atoms with Gasteiger partial charge in [-0.15, -0.1) is 0 Å². The van der Waals surface area contributed by atoms with E-state index in [1.165, 1.54) is 0 Å². The molecular formula is C12H23NO. The third-order valence-corrected chi connectivity index (χ3v) is 2.73. The highest BCUT2D eigenvalue weighted by atomic mass is 16.1. The molecule has 1 fully saturated rings. The Morgan fingerprint density at radius 1 is 1.29 bits per heavy atom. The van der Waals surface area contributed by atoms with E-state index >= 15 is 0 Å². The molecule has 1 heterocycles. The Morgan fingerprint density at radius 3 is 2.29 bits per heavy atom. The smallest absolute Gasteiger partial charge is 0.136 e. The van der Waals surface area contributed by atoms with Crippen LogP contribution in [0, 0.1) is 5.92 Å². The van der Waals surface area contributed by atoms with E-state index in [9.17, 15) is 4.79 Å². The van der Waals surface area contributed by atoms with Crippen LogP contribution in [-0.4, -0.2) is 16.9 Å². The van der Waals surface area contributed by atoms with Crippen LogP contribution in [0.3, 0.4) is 0 Å². The second-order valence-corrected chi connectivity index (χ2v) is 6.06. The van der Waals surface area contributed by atoms with Crippen LogP contribution in [0.4, 0.5) is 0 Å². The van der Waals surface area contributed by atoms with Crippen LogP contribution in [0.25, 0.3) is 0 Å². The predicted octanol–water partition coefficient (Wildman–Crippen LogP) is 2.52. The molecule has 1 saturated heterocycles. The van der Waals surface area contributed by atoms with Gasteiger partial charge in [-0.1, -0.05) is 13.8 Å². The zero-order valence-corrected chi connectivity index (χ0v) is 10.1. The molecule has 14 heavy (non-hydrogen) atoms. The summed E-state index contributed by atoms with van der Waals surface area (Å²) < 4.78 is 0. The molecule has 0 amide bonds. The molecule has 1 aliphatic heterocycles. The number of ketones is 1. The van der Waals surface area contributed by atoms with E-state index in [1.54, 1.807) is 0 Å². The molecule has 1 aliphatic rings. The summed E-state index contributed by atoms with van der Waals surface area (Å²) in [5.74, 6) is 1.03. The number of nitrogens with one attached hydrogen (secondary N) is 1. The topological polar surface area (TPSA) is 29.1 Å². The number of piperidine rings is 1. The molecule has 1 rings (SSSR count). The van der Waals surface area contributed by atoms with Crippen LogP contribution in [-0.2, 0) is 4.79 Å². The Morgan fingerprint density at radius 2 is 1.86 bits per heavy atom. The molecular weight excluding hydrogens is 174 g/mol. The maximum Gasteiger partial charge on any atom is 0.136 e. The van der Waals surface area contributed by atoms with Gasteiger partial charge in [-0.2, -0.15) is 0 Å². The largest absolute Gasteiger partial charge is 0.306 e. The van der Waals surface area contributed by atoms with Crippen molar-refractivity contribution in [3.05, 3.63) is 0 Å². The first-order valence-corrected chi connectivity index (χ1v) is 5.53. The summed E-state index contributed by atoms with van der Waals surface area (Å²) in [6.45, 7) is 10.8. The monoisotopic (exact) mass is 197 g/mol. The minimum absolute atomic E-state index is 0.00694. The number of carbonyl (C=O) groups excluding carboxylic acids is 1. The lowest BCUT2D eigenvalue weighted by Crippen LogP contribution is -2.60. The van der Waals surface area contributed by atoms with Crippen LogP contribution in [0.5, 0.6) is 0 Å². The molecule has 0 spiro atoms. The zero-order valence-electron chi connectivity index (χ0n) is 10.1. The lowest BCUT2D eigenvalue weighted by atomic mass is 9.77. The number of rotatable bonds is 2. The van der Waals surface area contributed by atoms with Gasteiger partial charge < -0.3 is 5.32 Å². The van der Waals surface area contributed by atoms with Crippen LogP contribution >= 0.6 is 0 Å². The van der Waals surface area contributed by atoms with Crippen LogP contribution in [0.2, 0.25) is 0 Å². The van der Waals surface area contributed by atoms with E-state index in [0.29, 0.717) is 24.5 Å². The highest BCUT2D eigenvalue weighted by molar-refractivity contribution is 5.81. The Balaban J connectivity index is 2.74. The fourth-order valence-corrected chi connectivity index (χ4v) is 2.92. The molecule has 0 saturated carbocycles.